The first-order valence-corrected chi connectivity index (χ1v) is 9.17. The Hall–Kier alpha value is -0.920. The molecule has 1 aromatic rings. The Balaban J connectivity index is 2.25. The van der Waals surface area contributed by atoms with E-state index < -0.39 is 10.0 Å². The van der Waals surface area contributed by atoms with Crippen molar-refractivity contribution in [2.45, 2.75) is 23.8 Å². The SMILES string of the molecule is CN(C)S(=O)(=O)c1ccc(N)c(NC2CCSCC2)c1. The summed E-state index contributed by atoms with van der Waals surface area (Å²) in [6.45, 7) is 0. The maximum absolute atomic E-state index is 12.1. The Morgan fingerprint density at radius 3 is 2.55 bits per heavy atom. The van der Waals surface area contributed by atoms with Gasteiger partial charge in [0.1, 0.15) is 0 Å². The van der Waals surface area contributed by atoms with E-state index in [4.69, 9.17) is 5.73 Å². The maximum Gasteiger partial charge on any atom is 0.242 e. The zero-order valence-corrected chi connectivity index (χ0v) is 13.4. The Labute approximate surface area is 125 Å². The minimum Gasteiger partial charge on any atom is -0.397 e. The molecule has 0 unspecified atom stereocenters. The van der Waals surface area contributed by atoms with Gasteiger partial charge >= 0.3 is 0 Å². The minimum atomic E-state index is -3.42. The summed E-state index contributed by atoms with van der Waals surface area (Å²) in [6.07, 6.45) is 2.16. The molecule has 1 heterocycles. The molecule has 0 amide bonds. The van der Waals surface area contributed by atoms with Crippen LogP contribution in [-0.2, 0) is 10.0 Å². The van der Waals surface area contributed by atoms with Crippen molar-refractivity contribution in [3.05, 3.63) is 18.2 Å². The molecule has 0 spiro atoms. The Kier molecular flexibility index (Phi) is 4.82. The smallest absolute Gasteiger partial charge is 0.242 e. The summed E-state index contributed by atoms with van der Waals surface area (Å²) < 4.78 is 25.5. The third-order valence-corrected chi connectivity index (χ3v) is 6.24. The van der Waals surface area contributed by atoms with E-state index in [1.165, 1.54) is 18.4 Å². The molecule has 2 rings (SSSR count). The third-order valence-electron chi connectivity index (χ3n) is 3.38. The molecule has 0 bridgehead atoms. The van der Waals surface area contributed by atoms with Crippen LogP contribution in [0.15, 0.2) is 23.1 Å². The molecule has 0 atom stereocenters. The van der Waals surface area contributed by atoms with E-state index in [1.807, 2.05) is 11.8 Å². The van der Waals surface area contributed by atoms with Gasteiger partial charge in [0.05, 0.1) is 16.3 Å². The number of rotatable bonds is 4. The van der Waals surface area contributed by atoms with Gasteiger partial charge in [0, 0.05) is 20.1 Å². The van der Waals surface area contributed by atoms with Crippen LogP contribution in [0.4, 0.5) is 11.4 Å². The van der Waals surface area contributed by atoms with Crippen LogP contribution in [-0.4, -0.2) is 44.4 Å². The molecule has 0 saturated carbocycles. The summed E-state index contributed by atoms with van der Waals surface area (Å²) in [5.41, 5.74) is 7.25. The van der Waals surface area contributed by atoms with Crippen LogP contribution in [0.25, 0.3) is 0 Å². The highest BCUT2D eigenvalue weighted by atomic mass is 32.2. The zero-order valence-electron chi connectivity index (χ0n) is 11.8. The number of nitrogen functional groups attached to an aromatic ring is 1. The first-order chi connectivity index (χ1) is 9.41. The van der Waals surface area contributed by atoms with Crippen molar-refractivity contribution in [2.75, 3.05) is 36.7 Å². The fraction of sp³-hybridized carbons (Fsp3) is 0.538. The van der Waals surface area contributed by atoms with Crippen molar-refractivity contribution < 1.29 is 8.42 Å². The minimum absolute atomic E-state index is 0.268. The summed E-state index contributed by atoms with van der Waals surface area (Å²) in [7, 11) is -0.373. The lowest BCUT2D eigenvalue weighted by Crippen LogP contribution is -2.26. The summed E-state index contributed by atoms with van der Waals surface area (Å²) in [5, 5.41) is 3.38. The summed E-state index contributed by atoms with van der Waals surface area (Å²) in [5.74, 6) is 2.26. The average Bonchev–Trinajstić information content (AvgIpc) is 2.42. The van der Waals surface area contributed by atoms with Gasteiger partial charge in [-0.05, 0) is 42.5 Å². The number of nitrogens with one attached hydrogen (secondary N) is 1. The molecule has 20 heavy (non-hydrogen) atoms. The fourth-order valence-electron chi connectivity index (χ4n) is 2.09. The van der Waals surface area contributed by atoms with E-state index in [0.29, 0.717) is 17.4 Å². The third kappa shape index (κ3) is 3.39. The molecule has 1 aliphatic rings. The second-order valence-electron chi connectivity index (χ2n) is 5.07. The van der Waals surface area contributed by atoms with Gasteiger partial charge in [-0.1, -0.05) is 0 Å². The molecule has 1 aliphatic heterocycles. The fourth-order valence-corrected chi connectivity index (χ4v) is 4.13. The van der Waals surface area contributed by atoms with Gasteiger partial charge < -0.3 is 11.1 Å². The molecule has 5 nitrogen and oxygen atoms in total. The van der Waals surface area contributed by atoms with Crippen LogP contribution in [0.1, 0.15) is 12.8 Å². The largest absolute Gasteiger partial charge is 0.397 e. The predicted molar refractivity (Wildman–Crippen MR) is 85.7 cm³/mol. The normalized spacial score (nSPS) is 17.4. The summed E-state index contributed by atoms with van der Waals surface area (Å²) in [4.78, 5) is 0.268. The van der Waals surface area contributed by atoms with Crippen LogP contribution in [0.2, 0.25) is 0 Å². The van der Waals surface area contributed by atoms with Crippen molar-refractivity contribution in [1.82, 2.24) is 4.31 Å². The van der Waals surface area contributed by atoms with Crippen molar-refractivity contribution in [3.8, 4) is 0 Å². The van der Waals surface area contributed by atoms with E-state index in [2.05, 4.69) is 5.32 Å². The molecular formula is C13H21N3O2S2. The summed E-state index contributed by atoms with van der Waals surface area (Å²) >= 11 is 1.95. The second kappa shape index (κ2) is 6.24. The first-order valence-electron chi connectivity index (χ1n) is 6.57. The monoisotopic (exact) mass is 315 g/mol. The zero-order chi connectivity index (χ0) is 14.8. The van der Waals surface area contributed by atoms with Crippen LogP contribution >= 0.6 is 11.8 Å². The van der Waals surface area contributed by atoms with Gasteiger partial charge in [0.15, 0.2) is 0 Å². The highest BCUT2D eigenvalue weighted by Gasteiger charge is 2.20. The molecule has 3 N–H and O–H groups in total. The van der Waals surface area contributed by atoms with Gasteiger partial charge in [-0.2, -0.15) is 11.8 Å². The van der Waals surface area contributed by atoms with E-state index in [9.17, 15) is 8.42 Å². The number of thioether (sulfide) groups is 1. The lowest BCUT2D eigenvalue weighted by Gasteiger charge is -2.24. The lowest BCUT2D eigenvalue weighted by atomic mass is 10.1. The molecular weight excluding hydrogens is 294 g/mol. The number of benzene rings is 1. The quantitative estimate of drug-likeness (QED) is 0.829. The van der Waals surface area contributed by atoms with Crippen LogP contribution in [0, 0.1) is 0 Å². The second-order valence-corrected chi connectivity index (χ2v) is 8.44. The van der Waals surface area contributed by atoms with Crippen molar-refractivity contribution >= 4 is 33.2 Å². The van der Waals surface area contributed by atoms with Gasteiger partial charge in [0.2, 0.25) is 10.0 Å². The lowest BCUT2D eigenvalue weighted by molar-refractivity contribution is 0.521. The maximum atomic E-state index is 12.1. The highest BCUT2D eigenvalue weighted by molar-refractivity contribution is 7.99. The van der Waals surface area contributed by atoms with E-state index in [-0.39, 0.29) is 4.90 Å². The van der Waals surface area contributed by atoms with Crippen LogP contribution in [0.3, 0.4) is 0 Å². The number of nitrogens with two attached hydrogens (primary N) is 1. The van der Waals surface area contributed by atoms with Gasteiger partial charge in [-0.15, -0.1) is 0 Å². The van der Waals surface area contributed by atoms with Crippen molar-refractivity contribution in [3.63, 3.8) is 0 Å². The van der Waals surface area contributed by atoms with Gasteiger partial charge in [0.25, 0.3) is 0 Å². The van der Waals surface area contributed by atoms with E-state index in [1.54, 1.807) is 18.2 Å². The molecule has 0 aliphatic carbocycles. The Bertz CT molecular complexity index is 567. The van der Waals surface area contributed by atoms with Gasteiger partial charge in [-0.25, -0.2) is 12.7 Å². The molecule has 1 saturated heterocycles. The van der Waals surface area contributed by atoms with Crippen molar-refractivity contribution in [1.29, 1.82) is 0 Å². The number of hydrogen-bond acceptors (Lipinski definition) is 5. The first kappa shape index (κ1) is 15.5. The average molecular weight is 315 g/mol. The molecule has 112 valence electrons. The topological polar surface area (TPSA) is 75.4 Å². The number of sulfonamides is 1. The molecule has 0 radical (unpaired) electrons. The molecule has 1 aromatic carbocycles. The molecule has 1 fully saturated rings. The van der Waals surface area contributed by atoms with E-state index in [0.717, 1.165) is 24.3 Å². The van der Waals surface area contributed by atoms with Crippen molar-refractivity contribution in [2.24, 2.45) is 0 Å². The number of anilines is 2. The predicted octanol–water partition coefficient (Wildman–Crippen LogP) is 1.83. The van der Waals surface area contributed by atoms with Crippen LogP contribution < -0.4 is 11.1 Å². The Morgan fingerprint density at radius 1 is 1.30 bits per heavy atom. The number of nitrogens with zero attached hydrogens (tertiary/aromatic N) is 1. The highest BCUT2D eigenvalue weighted by Crippen LogP contribution is 2.27. The van der Waals surface area contributed by atoms with Crippen LogP contribution in [0.5, 0.6) is 0 Å². The molecule has 0 aromatic heterocycles. The number of hydrogen-bond donors (Lipinski definition) is 2. The molecule has 7 heteroatoms. The standard InChI is InChI=1S/C13H21N3O2S2/c1-16(2)20(17,18)11-3-4-12(14)13(9-11)15-10-5-7-19-8-6-10/h3-4,9-10,15H,5-8,14H2,1-2H3. The van der Waals surface area contributed by atoms with Gasteiger partial charge in [-0.3, -0.25) is 0 Å². The Morgan fingerprint density at radius 2 is 1.95 bits per heavy atom. The summed E-state index contributed by atoms with van der Waals surface area (Å²) in [6, 6.07) is 5.20. The van der Waals surface area contributed by atoms with E-state index >= 15 is 0 Å².